The Balaban J connectivity index is 1.44. The van der Waals surface area contributed by atoms with Gasteiger partial charge in [0.15, 0.2) is 0 Å². The second kappa shape index (κ2) is 20.6. The maximum atomic E-state index is 14.0. The lowest BCUT2D eigenvalue weighted by Gasteiger charge is -2.28. The van der Waals surface area contributed by atoms with Gasteiger partial charge >= 0.3 is 0 Å². The van der Waals surface area contributed by atoms with Crippen molar-refractivity contribution >= 4 is 23.2 Å². The Kier molecular flexibility index (Phi) is 15.6. The molecule has 0 aliphatic heterocycles. The van der Waals surface area contributed by atoms with Gasteiger partial charge in [-0.2, -0.15) is 0 Å². The number of carbonyl (C=O) groups is 2. The van der Waals surface area contributed by atoms with Crippen molar-refractivity contribution in [1.29, 1.82) is 0 Å². The standard InChI is InChI=1S/C42H52N2O4/c1-3-5-7-9-17-33-47-39-27-23-35(24-28-39)41(45)43(37-19-13-11-14-20-37)31-32-44(38-21-15-12-16-22-38)42(46)36-25-29-40(30-26-36)48-34-18-10-8-6-4-2/h11-16,19-30H,3-10,17-18,31-34H2,1-2H3. The predicted octanol–water partition coefficient (Wildman–Crippen LogP) is 10.4. The highest BCUT2D eigenvalue weighted by Crippen LogP contribution is 2.23. The van der Waals surface area contributed by atoms with Gasteiger partial charge in [-0.3, -0.25) is 9.59 Å². The summed E-state index contributed by atoms with van der Waals surface area (Å²) < 4.78 is 11.9. The van der Waals surface area contributed by atoms with E-state index in [1.54, 1.807) is 9.80 Å². The molecule has 0 saturated heterocycles. The SMILES string of the molecule is CCCCCCCOc1ccc(C(=O)N(CCN(C(=O)c2ccc(OCCCCCCC)cc2)c2ccccc2)c2ccccc2)cc1. The minimum atomic E-state index is -0.135. The fourth-order valence-corrected chi connectivity index (χ4v) is 5.60. The van der Waals surface area contributed by atoms with Crippen LogP contribution in [0.2, 0.25) is 0 Å². The highest BCUT2D eigenvalue weighted by Gasteiger charge is 2.23. The Labute approximate surface area is 287 Å². The normalized spacial score (nSPS) is 10.8. The zero-order chi connectivity index (χ0) is 33.8. The third-order valence-corrected chi connectivity index (χ3v) is 8.41. The number of amides is 2. The fourth-order valence-electron chi connectivity index (χ4n) is 5.60. The van der Waals surface area contributed by atoms with Gasteiger partial charge in [0.2, 0.25) is 0 Å². The molecule has 0 aliphatic rings. The summed E-state index contributed by atoms with van der Waals surface area (Å²) in [6.07, 6.45) is 11.8. The quantitative estimate of drug-likeness (QED) is 0.0844. The van der Waals surface area contributed by atoms with Crippen LogP contribution in [0.15, 0.2) is 109 Å². The van der Waals surface area contributed by atoms with E-state index in [0.717, 1.165) is 48.6 Å². The van der Waals surface area contributed by atoms with Gasteiger partial charge in [-0.05, 0) is 85.6 Å². The molecule has 0 N–H and O–H groups in total. The van der Waals surface area contributed by atoms with Crippen molar-refractivity contribution in [2.75, 3.05) is 36.1 Å². The topological polar surface area (TPSA) is 59.1 Å². The van der Waals surface area contributed by atoms with E-state index in [0.29, 0.717) is 37.4 Å². The van der Waals surface area contributed by atoms with Crippen molar-refractivity contribution in [1.82, 2.24) is 0 Å². The van der Waals surface area contributed by atoms with Crippen LogP contribution in [0, 0.1) is 0 Å². The van der Waals surface area contributed by atoms with Gasteiger partial charge in [0.25, 0.3) is 11.8 Å². The number of hydrogen-bond acceptors (Lipinski definition) is 4. The average molecular weight is 649 g/mol. The van der Waals surface area contributed by atoms with Crippen molar-refractivity contribution in [3.8, 4) is 11.5 Å². The van der Waals surface area contributed by atoms with Crippen LogP contribution in [0.5, 0.6) is 11.5 Å². The first-order chi connectivity index (χ1) is 23.6. The van der Waals surface area contributed by atoms with E-state index in [9.17, 15) is 9.59 Å². The van der Waals surface area contributed by atoms with Crippen LogP contribution < -0.4 is 19.3 Å². The lowest BCUT2D eigenvalue weighted by Crippen LogP contribution is -2.41. The third kappa shape index (κ3) is 11.6. The van der Waals surface area contributed by atoms with E-state index in [4.69, 9.17) is 9.47 Å². The van der Waals surface area contributed by atoms with Crippen LogP contribution in [0.4, 0.5) is 11.4 Å². The van der Waals surface area contributed by atoms with Crippen LogP contribution in [0.1, 0.15) is 98.8 Å². The van der Waals surface area contributed by atoms with Gasteiger partial charge in [-0.15, -0.1) is 0 Å². The molecule has 48 heavy (non-hydrogen) atoms. The summed E-state index contributed by atoms with van der Waals surface area (Å²) in [7, 11) is 0. The molecule has 2 amide bonds. The molecule has 0 bridgehead atoms. The van der Waals surface area contributed by atoms with E-state index >= 15 is 0 Å². The average Bonchev–Trinajstić information content (AvgIpc) is 3.14. The van der Waals surface area contributed by atoms with Crippen LogP contribution in [0.25, 0.3) is 0 Å². The predicted molar refractivity (Wildman–Crippen MR) is 198 cm³/mol. The van der Waals surface area contributed by atoms with Gasteiger partial charge in [-0.1, -0.05) is 102 Å². The molecular weight excluding hydrogens is 596 g/mol. The lowest BCUT2D eigenvalue weighted by atomic mass is 10.1. The minimum absolute atomic E-state index is 0.135. The number of hydrogen-bond donors (Lipinski definition) is 0. The highest BCUT2D eigenvalue weighted by molar-refractivity contribution is 6.08. The molecule has 4 rings (SSSR count). The molecule has 4 aromatic carbocycles. The Morgan fingerprint density at radius 3 is 1.17 bits per heavy atom. The molecular formula is C42H52N2O4. The number of unbranched alkanes of at least 4 members (excludes halogenated alkanes) is 8. The molecule has 0 heterocycles. The second-order valence-corrected chi connectivity index (χ2v) is 12.2. The molecule has 0 spiro atoms. The zero-order valence-corrected chi connectivity index (χ0v) is 28.8. The molecule has 4 aromatic rings. The van der Waals surface area contributed by atoms with Gasteiger partial charge in [-0.25, -0.2) is 0 Å². The van der Waals surface area contributed by atoms with Crippen LogP contribution in [0.3, 0.4) is 0 Å². The van der Waals surface area contributed by atoms with Gasteiger partial charge < -0.3 is 19.3 Å². The molecule has 0 aromatic heterocycles. The van der Waals surface area contributed by atoms with Crippen LogP contribution in [-0.4, -0.2) is 38.1 Å². The monoisotopic (exact) mass is 648 g/mol. The van der Waals surface area contributed by atoms with E-state index < -0.39 is 0 Å². The fraction of sp³-hybridized carbons (Fsp3) is 0.381. The Morgan fingerprint density at radius 2 is 0.812 bits per heavy atom. The van der Waals surface area contributed by atoms with E-state index in [-0.39, 0.29) is 11.8 Å². The Bertz CT molecular complexity index is 1360. The lowest BCUT2D eigenvalue weighted by molar-refractivity contribution is 0.0968. The number of rotatable bonds is 21. The Morgan fingerprint density at radius 1 is 0.458 bits per heavy atom. The molecule has 0 atom stereocenters. The number of nitrogens with zero attached hydrogens (tertiary/aromatic N) is 2. The molecule has 254 valence electrons. The van der Waals surface area contributed by atoms with Crippen molar-refractivity contribution in [2.45, 2.75) is 78.1 Å². The maximum Gasteiger partial charge on any atom is 0.258 e. The molecule has 0 unspecified atom stereocenters. The van der Waals surface area contributed by atoms with Crippen molar-refractivity contribution in [2.24, 2.45) is 0 Å². The minimum Gasteiger partial charge on any atom is -0.494 e. The van der Waals surface area contributed by atoms with E-state index in [1.807, 2.05) is 109 Å². The summed E-state index contributed by atoms with van der Waals surface area (Å²) in [6.45, 7) is 6.38. The van der Waals surface area contributed by atoms with Crippen LogP contribution in [-0.2, 0) is 0 Å². The number of carbonyl (C=O) groups excluding carboxylic acids is 2. The summed E-state index contributed by atoms with van der Waals surface area (Å²) in [4.78, 5) is 31.4. The number of benzene rings is 4. The summed E-state index contributed by atoms with van der Waals surface area (Å²) in [6, 6.07) is 34.0. The van der Waals surface area contributed by atoms with Crippen molar-refractivity contribution < 1.29 is 19.1 Å². The van der Waals surface area contributed by atoms with Gasteiger partial charge in [0.1, 0.15) is 11.5 Å². The highest BCUT2D eigenvalue weighted by atomic mass is 16.5. The summed E-state index contributed by atoms with van der Waals surface area (Å²) >= 11 is 0. The second-order valence-electron chi connectivity index (χ2n) is 12.2. The Hall–Kier alpha value is -4.58. The van der Waals surface area contributed by atoms with Crippen molar-refractivity contribution in [3.05, 3.63) is 120 Å². The zero-order valence-electron chi connectivity index (χ0n) is 28.8. The smallest absolute Gasteiger partial charge is 0.258 e. The first kappa shape index (κ1) is 36.3. The van der Waals surface area contributed by atoms with E-state index in [1.165, 1.54) is 38.5 Å². The van der Waals surface area contributed by atoms with Gasteiger partial charge in [0.05, 0.1) is 13.2 Å². The number of ether oxygens (including phenoxy) is 2. The van der Waals surface area contributed by atoms with Crippen LogP contribution >= 0.6 is 0 Å². The summed E-state index contributed by atoms with van der Waals surface area (Å²) in [5.41, 5.74) is 2.67. The molecule has 6 heteroatoms. The molecule has 0 fully saturated rings. The molecule has 0 saturated carbocycles. The third-order valence-electron chi connectivity index (χ3n) is 8.41. The maximum absolute atomic E-state index is 14.0. The van der Waals surface area contributed by atoms with E-state index in [2.05, 4.69) is 13.8 Å². The van der Waals surface area contributed by atoms with Crippen molar-refractivity contribution in [3.63, 3.8) is 0 Å². The van der Waals surface area contributed by atoms with Gasteiger partial charge in [0, 0.05) is 35.6 Å². The number of para-hydroxylation sites is 2. The molecule has 0 radical (unpaired) electrons. The first-order valence-corrected chi connectivity index (χ1v) is 17.8. The summed E-state index contributed by atoms with van der Waals surface area (Å²) in [5.74, 6) is 1.25. The summed E-state index contributed by atoms with van der Waals surface area (Å²) in [5, 5.41) is 0. The largest absolute Gasteiger partial charge is 0.494 e. The molecule has 0 aliphatic carbocycles. The number of anilines is 2. The molecule has 6 nitrogen and oxygen atoms in total. The first-order valence-electron chi connectivity index (χ1n) is 17.8.